The third-order valence-corrected chi connectivity index (χ3v) is 8.65. The molecule has 168 valence electrons. The zero-order valence-corrected chi connectivity index (χ0v) is 20.0. The van der Waals surface area contributed by atoms with Gasteiger partial charge in [0.1, 0.15) is 0 Å². The molecule has 2 heteroatoms. The Morgan fingerprint density at radius 3 is 2.57 bits per heavy atom. The SMILES string of the molecule is C=C1CC[C@H](O)CC1=CC=C1CCC[C@@]2(C)C1CC[C@@H]2[C@@](C)(O)/C=C/[C@H](C)C(C)C. The minimum Gasteiger partial charge on any atom is -0.393 e. The highest BCUT2D eigenvalue weighted by Crippen LogP contribution is 2.60. The van der Waals surface area contributed by atoms with Crippen LogP contribution in [0.2, 0.25) is 0 Å². The van der Waals surface area contributed by atoms with Crippen molar-refractivity contribution in [2.45, 2.75) is 97.7 Å². The molecule has 0 bridgehead atoms. The Balaban J connectivity index is 1.80. The van der Waals surface area contributed by atoms with Crippen molar-refractivity contribution in [3.8, 4) is 0 Å². The molecule has 3 aliphatic rings. The highest BCUT2D eigenvalue weighted by atomic mass is 16.3. The van der Waals surface area contributed by atoms with E-state index in [9.17, 15) is 10.2 Å². The van der Waals surface area contributed by atoms with Gasteiger partial charge in [-0.15, -0.1) is 0 Å². The number of aliphatic hydroxyl groups is 2. The van der Waals surface area contributed by atoms with E-state index in [1.807, 2.05) is 6.92 Å². The predicted molar refractivity (Wildman–Crippen MR) is 127 cm³/mol. The molecule has 6 atom stereocenters. The van der Waals surface area contributed by atoms with Gasteiger partial charge in [-0.1, -0.05) is 69.7 Å². The number of aliphatic hydroxyl groups excluding tert-OH is 1. The molecule has 2 nitrogen and oxygen atoms in total. The second-order valence-corrected chi connectivity index (χ2v) is 11.2. The van der Waals surface area contributed by atoms with E-state index in [0.29, 0.717) is 23.7 Å². The van der Waals surface area contributed by atoms with Crippen LogP contribution in [0.5, 0.6) is 0 Å². The summed E-state index contributed by atoms with van der Waals surface area (Å²) in [6.45, 7) is 15.4. The lowest BCUT2D eigenvalue weighted by molar-refractivity contribution is -0.0241. The maximum Gasteiger partial charge on any atom is 0.0833 e. The minimum absolute atomic E-state index is 0.153. The number of rotatable bonds is 5. The second kappa shape index (κ2) is 9.17. The van der Waals surface area contributed by atoms with Crippen molar-refractivity contribution >= 4 is 0 Å². The summed E-state index contributed by atoms with van der Waals surface area (Å²) >= 11 is 0. The zero-order chi connectivity index (χ0) is 22.1. The van der Waals surface area contributed by atoms with E-state index in [1.165, 1.54) is 30.4 Å². The fourth-order valence-electron chi connectivity index (χ4n) is 6.28. The number of hydrogen-bond acceptors (Lipinski definition) is 2. The van der Waals surface area contributed by atoms with E-state index in [0.717, 1.165) is 32.1 Å². The lowest BCUT2D eigenvalue weighted by Gasteiger charge is -2.46. The third kappa shape index (κ3) is 4.86. The Morgan fingerprint density at radius 2 is 1.87 bits per heavy atom. The van der Waals surface area contributed by atoms with Crippen molar-refractivity contribution in [3.05, 3.63) is 47.6 Å². The van der Waals surface area contributed by atoms with Gasteiger partial charge in [0.25, 0.3) is 0 Å². The first-order valence-corrected chi connectivity index (χ1v) is 12.2. The summed E-state index contributed by atoms with van der Waals surface area (Å²) < 4.78 is 0. The van der Waals surface area contributed by atoms with Gasteiger partial charge in [0.15, 0.2) is 0 Å². The fourth-order valence-corrected chi connectivity index (χ4v) is 6.28. The van der Waals surface area contributed by atoms with Gasteiger partial charge < -0.3 is 10.2 Å². The van der Waals surface area contributed by atoms with E-state index in [4.69, 9.17) is 0 Å². The average molecular weight is 413 g/mol. The summed E-state index contributed by atoms with van der Waals surface area (Å²) in [7, 11) is 0. The van der Waals surface area contributed by atoms with Crippen LogP contribution in [0.3, 0.4) is 0 Å². The second-order valence-electron chi connectivity index (χ2n) is 11.2. The standard InChI is InChI=1S/C28H44O2/c1-19(2)20(3)15-17-28(6,30)26-14-13-25-22(8-7-16-27(25,26)5)10-11-23-18-24(29)12-9-21(23)4/h10-11,15,17,19-20,24-26,29-30H,4,7-9,12-14,16,18H2,1-3,5-6H3/b17-15+,22-10?,23-11?/t20-,24-,25?,26-,27-,28-/m0/s1. The Labute approximate surface area is 184 Å². The normalized spacial score (nSPS) is 38.4. The Hall–Kier alpha value is -1.12. The first-order valence-electron chi connectivity index (χ1n) is 12.2. The number of fused-ring (bicyclic) bond motifs is 1. The number of hydrogen-bond donors (Lipinski definition) is 2. The summed E-state index contributed by atoms with van der Waals surface area (Å²) in [4.78, 5) is 0. The monoisotopic (exact) mass is 412 g/mol. The van der Waals surface area contributed by atoms with Crippen LogP contribution >= 0.6 is 0 Å². The van der Waals surface area contributed by atoms with Crippen molar-refractivity contribution in [2.24, 2.45) is 29.1 Å². The molecule has 3 fully saturated rings. The first kappa shape index (κ1) is 23.5. The van der Waals surface area contributed by atoms with Crippen LogP contribution in [0, 0.1) is 29.1 Å². The summed E-state index contributed by atoms with van der Waals surface area (Å²) in [6, 6.07) is 0. The smallest absolute Gasteiger partial charge is 0.0833 e. The lowest BCUT2D eigenvalue weighted by atomic mass is 9.60. The van der Waals surface area contributed by atoms with Crippen LogP contribution in [-0.2, 0) is 0 Å². The van der Waals surface area contributed by atoms with Gasteiger partial charge in [0.2, 0.25) is 0 Å². The summed E-state index contributed by atoms with van der Waals surface area (Å²) in [5.74, 6) is 1.92. The van der Waals surface area contributed by atoms with Gasteiger partial charge in [0.05, 0.1) is 11.7 Å². The van der Waals surface area contributed by atoms with Gasteiger partial charge in [-0.25, -0.2) is 0 Å². The molecule has 0 aliphatic heterocycles. The largest absolute Gasteiger partial charge is 0.393 e. The molecule has 0 radical (unpaired) electrons. The van der Waals surface area contributed by atoms with Gasteiger partial charge in [-0.3, -0.25) is 0 Å². The molecule has 30 heavy (non-hydrogen) atoms. The summed E-state index contributed by atoms with van der Waals surface area (Å²) in [6.07, 6.45) is 17.0. The Morgan fingerprint density at radius 1 is 1.13 bits per heavy atom. The van der Waals surface area contributed by atoms with E-state index >= 15 is 0 Å². The van der Waals surface area contributed by atoms with Gasteiger partial charge >= 0.3 is 0 Å². The molecule has 0 aromatic rings. The van der Waals surface area contributed by atoms with Gasteiger partial charge in [-0.2, -0.15) is 0 Å². The van der Waals surface area contributed by atoms with E-state index in [-0.39, 0.29) is 11.5 Å². The van der Waals surface area contributed by atoms with Crippen molar-refractivity contribution in [2.75, 3.05) is 0 Å². The first-order chi connectivity index (χ1) is 14.0. The molecule has 3 aliphatic carbocycles. The summed E-state index contributed by atoms with van der Waals surface area (Å²) in [5, 5.41) is 21.5. The maximum absolute atomic E-state index is 11.5. The minimum atomic E-state index is -0.755. The van der Waals surface area contributed by atoms with Crippen molar-refractivity contribution in [1.29, 1.82) is 0 Å². The molecule has 0 aromatic heterocycles. The van der Waals surface area contributed by atoms with Gasteiger partial charge in [0, 0.05) is 0 Å². The zero-order valence-electron chi connectivity index (χ0n) is 20.0. The van der Waals surface area contributed by atoms with Crippen molar-refractivity contribution < 1.29 is 10.2 Å². The highest BCUT2D eigenvalue weighted by Gasteiger charge is 2.54. The molecular weight excluding hydrogens is 368 g/mol. The van der Waals surface area contributed by atoms with Crippen LogP contribution in [0.15, 0.2) is 47.6 Å². The molecule has 3 rings (SSSR count). The molecule has 0 amide bonds. The lowest BCUT2D eigenvalue weighted by Crippen LogP contribution is -2.44. The van der Waals surface area contributed by atoms with Gasteiger partial charge in [-0.05, 0) is 93.0 Å². The molecule has 0 saturated heterocycles. The van der Waals surface area contributed by atoms with Crippen LogP contribution in [0.1, 0.15) is 86.0 Å². The van der Waals surface area contributed by atoms with Crippen LogP contribution in [0.4, 0.5) is 0 Å². The predicted octanol–water partition coefficient (Wildman–Crippen LogP) is 6.76. The molecule has 0 aromatic carbocycles. The quantitative estimate of drug-likeness (QED) is 0.490. The van der Waals surface area contributed by atoms with Crippen LogP contribution in [0.25, 0.3) is 0 Å². The molecule has 2 N–H and O–H groups in total. The Bertz CT molecular complexity index is 723. The average Bonchev–Trinajstić information content (AvgIpc) is 3.05. The fraction of sp³-hybridized carbons (Fsp3) is 0.714. The third-order valence-electron chi connectivity index (χ3n) is 8.65. The molecule has 3 saturated carbocycles. The highest BCUT2D eigenvalue weighted by molar-refractivity contribution is 5.36. The van der Waals surface area contributed by atoms with Crippen molar-refractivity contribution in [1.82, 2.24) is 0 Å². The molecule has 1 unspecified atom stereocenters. The molecule has 0 spiro atoms. The van der Waals surface area contributed by atoms with Crippen LogP contribution in [-0.4, -0.2) is 21.9 Å². The van der Waals surface area contributed by atoms with Crippen LogP contribution < -0.4 is 0 Å². The maximum atomic E-state index is 11.5. The Kier molecular flexibility index (Phi) is 7.19. The van der Waals surface area contributed by atoms with E-state index < -0.39 is 5.60 Å². The van der Waals surface area contributed by atoms with E-state index in [1.54, 1.807) is 5.57 Å². The molecule has 0 heterocycles. The topological polar surface area (TPSA) is 40.5 Å². The summed E-state index contributed by atoms with van der Waals surface area (Å²) in [5.41, 5.74) is 3.35. The van der Waals surface area contributed by atoms with E-state index in [2.05, 4.69) is 58.6 Å². The number of allylic oxidation sites excluding steroid dienone is 5. The van der Waals surface area contributed by atoms with Crippen molar-refractivity contribution in [3.63, 3.8) is 0 Å². The molecular formula is C28H44O2.